The van der Waals surface area contributed by atoms with Crippen molar-refractivity contribution in [3.05, 3.63) is 34.3 Å². The lowest BCUT2D eigenvalue weighted by Gasteiger charge is -2.05. The number of benzene rings is 1. The molecule has 0 unspecified atom stereocenters. The number of ether oxygens (including phenoxy) is 2. The van der Waals surface area contributed by atoms with Gasteiger partial charge in [-0.3, -0.25) is 0 Å². The van der Waals surface area contributed by atoms with Crippen LogP contribution in [0.2, 0.25) is 0 Å². The fraction of sp³-hybridized carbons (Fsp3) is 0.500. The van der Waals surface area contributed by atoms with Crippen molar-refractivity contribution in [3.63, 3.8) is 0 Å². The van der Waals surface area contributed by atoms with E-state index in [1.165, 1.54) is 5.56 Å². The maximum Gasteiger partial charge on any atom is 0.0718 e. The van der Waals surface area contributed by atoms with Crippen molar-refractivity contribution in [3.8, 4) is 0 Å². The lowest BCUT2D eigenvalue weighted by Crippen LogP contribution is -2.04. The van der Waals surface area contributed by atoms with Crippen molar-refractivity contribution in [1.82, 2.24) is 0 Å². The molecule has 0 spiro atoms. The summed E-state index contributed by atoms with van der Waals surface area (Å²) in [7, 11) is 0. The zero-order valence-corrected chi connectivity index (χ0v) is 10.6. The normalized spacial score (nSPS) is 10.5. The van der Waals surface area contributed by atoms with Gasteiger partial charge in [0.15, 0.2) is 0 Å². The molecule has 0 atom stereocenters. The molecule has 15 heavy (non-hydrogen) atoms. The van der Waals surface area contributed by atoms with E-state index in [0.29, 0.717) is 19.8 Å². The Morgan fingerprint density at radius 2 is 1.67 bits per heavy atom. The maximum absolute atomic E-state index is 5.47. The van der Waals surface area contributed by atoms with Crippen LogP contribution in [0.3, 0.4) is 0 Å². The van der Waals surface area contributed by atoms with E-state index < -0.39 is 0 Å². The van der Waals surface area contributed by atoms with Crippen molar-refractivity contribution >= 4 is 15.9 Å². The van der Waals surface area contributed by atoms with Crippen LogP contribution in [0, 0.1) is 0 Å². The molecule has 3 heteroatoms. The summed E-state index contributed by atoms with van der Waals surface area (Å²) < 4.78 is 11.9. The van der Waals surface area contributed by atoms with E-state index in [1.54, 1.807) is 0 Å². The summed E-state index contributed by atoms with van der Waals surface area (Å²) in [6, 6.07) is 8.15. The maximum atomic E-state index is 5.47. The molecule has 0 bridgehead atoms. The number of rotatable bonds is 7. The van der Waals surface area contributed by atoms with Crippen molar-refractivity contribution in [2.45, 2.75) is 20.0 Å². The summed E-state index contributed by atoms with van der Waals surface area (Å²) in [6.45, 7) is 4.92. The molecule has 0 saturated carbocycles. The molecule has 84 valence electrons. The molecular weight excluding hydrogens is 256 g/mol. The predicted molar refractivity (Wildman–Crippen MR) is 64.9 cm³/mol. The third-order valence-corrected chi connectivity index (χ3v) is 2.43. The Kier molecular flexibility index (Phi) is 6.64. The minimum Gasteiger partial charge on any atom is -0.379 e. The molecular formula is C12H17BrO2. The van der Waals surface area contributed by atoms with E-state index in [-0.39, 0.29) is 0 Å². The molecule has 0 aliphatic heterocycles. The standard InChI is InChI=1S/C12H17BrO2/c1-2-7-14-8-9-15-10-11-3-5-12(13)6-4-11/h3-6H,2,7-10H2,1H3. The first-order valence-corrected chi connectivity index (χ1v) is 6.02. The van der Waals surface area contributed by atoms with E-state index in [9.17, 15) is 0 Å². The average molecular weight is 273 g/mol. The van der Waals surface area contributed by atoms with E-state index in [0.717, 1.165) is 17.5 Å². The molecule has 0 amide bonds. The summed E-state index contributed by atoms with van der Waals surface area (Å²) in [6.07, 6.45) is 1.06. The zero-order valence-electron chi connectivity index (χ0n) is 9.04. The van der Waals surface area contributed by atoms with Gasteiger partial charge in [-0.1, -0.05) is 35.0 Å². The second-order valence-corrected chi connectivity index (χ2v) is 4.21. The van der Waals surface area contributed by atoms with Gasteiger partial charge in [0.25, 0.3) is 0 Å². The van der Waals surface area contributed by atoms with Gasteiger partial charge in [-0.25, -0.2) is 0 Å². The van der Waals surface area contributed by atoms with Crippen LogP contribution < -0.4 is 0 Å². The minimum absolute atomic E-state index is 0.656. The Labute approximate surface area is 99.7 Å². The topological polar surface area (TPSA) is 18.5 Å². The minimum atomic E-state index is 0.656. The van der Waals surface area contributed by atoms with Gasteiger partial charge in [-0.05, 0) is 24.1 Å². The van der Waals surface area contributed by atoms with Crippen LogP contribution in [0.15, 0.2) is 28.7 Å². The quantitative estimate of drug-likeness (QED) is 0.709. The van der Waals surface area contributed by atoms with Crippen molar-refractivity contribution in [2.75, 3.05) is 19.8 Å². The Morgan fingerprint density at radius 1 is 1.00 bits per heavy atom. The Bertz CT molecular complexity index is 259. The van der Waals surface area contributed by atoms with Gasteiger partial charge in [0.1, 0.15) is 0 Å². The van der Waals surface area contributed by atoms with Crippen molar-refractivity contribution in [1.29, 1.82) is 0 Å². The molecule has 2 nitrogen and oxygen atoms in total. The van der Waals surface area contributed by atoms with Crippen LogP contribution in [0.1, 0.15) is 18.9 Å². The van der Waals surface area contributed by atoms with Crippen LogP contribution in [-0.4, -0.2) is 19.8 Å². The molecule has 1 rings (SSSR count). The van der Waals surface area contributed by atoms with Crippen molar-refractivity contribution in [2.24, 2.45) is 0 Å². The van der Waals surface area contributed by atoms with Gasteiger partial charge < -0.3 is 9.47 Å². The highest BCUT2D eigenvalue weighted by Crippen LogP contribution is 2.10. The summed E-state index contributed by atoms with van der Waals surface area (Å²) in [5.41, 5.74) is 1.19. The largest absolute Gasteiger partial charge is 0.379 e. The molecule has 1 aromatic rings. The van der Waals surface area contributed by atoms with Gasteiger partial charge in [0.2, 0.25) is 0 Å². The highest BCUT2D eigenvalue weighted by atomic mass is 79.9. The summed E-state index contributed by atoms with van der Waals surface area (Å²) >= 11 is 3.39. The number of halogens is 1. The Morgan fingerprint density at radius 3 is 2.33 bits per heavy atom. The summed E-state index contributed by atoms with van der Waals surface area (Å²) in [5, 5.41) is 0. The zero-order chi connectivity index (χ0) is 10.9. The van der Waals surface area contributed by atoms with Crippen LogP contribution in [0.4, 0.5) is 0 Å². The second kappa shape index (κ2) is 7.85. The fourth-order valence-corrected chi connectivity index (χ4v) is 1.40. The SMILES string of the molecule is CCCOCCOCc1ccc(Br)cc1. The monoisotopic (exact) mass is 272 g/mol. The molecule has 1 aromatic carbocycles. The molecule has 0 aliphatic carbocycles. The average Bonchev–Trinajstić information content (AvgIpc) is 2.26. The second-order valence-electron chi connectivity index (χ2n) is 3.29. The van der Waals surface area contributed by atoms with Crippen LogP contribution in [0.25, 0.3) is 0 Å². The van der Waals surface area contributed by atoms with Crippen LogP contribution in [0.5, 0.6) is 0 Å². The Hall–Kier alpha value is -0.380. The van der Waals surface area contributed by atoms with E-state index in [2.05, 4.69) is 35.0 Å². The lowest BCUT2D eigenvalue weighted by molar-refractivity contribution is 0.0408. The van der Waals surface area contributed by atoms with Gasteiger partial charge >= 0.3 is 0 Å². The smallest absolute Gasteiger partial charge is 0.0718 e. The molecule has 0 N–H and O–H groups in total. The molecule has 0 radical (unpaired) electrons. The Balaban J connectivity index is 2.07. The highest BCUT2D eigenvalue weighted by Gasteiger charge is 1.93. The van der Waals surface area contributed by atoms with Crippen molar-refractivity contribution < 1.29 is 9.47 Å². The molecule has 0 aromatic heterocycles. The molecule has 0 saturated heterocycles. The fourth-order valence-electron chi connectivity index (χ4n) is 1.13. The first-order valence-electron chi connectivity index (χ1n) is 5.23. The van der Waals surface area contributed by atoms with Crippen LogP contribution in [-0.2, 0) is 16.1 Å². The van der Waals surface area contributed by atoms with Gasteiger partial charge in [-0.2, -0.15) is 0 Å². The predicted octanol–water partition coefficient (Wildman–Crippen LogP) is 3.39. The number of hydrogen-bond acceptors (Lipinski definition) is 2. The first kappa shape index (κ1) is 12.7. The number of hydrogen-bond donors (Lipinski definition) is 0. The van der Waals surface area contributed by atoms with E-state index in [1.807, 2.05) is 12.1 Å². The summed E-state index contributed by atoms with van der Waals surface area (Å²) in [5.74, 6) is 0. The third-order valence-electron chi connectivity index (χ3n) is 1.90. The first-order chi connectivity index (χ1) is 7.33. The van der Waals surface area contributed by atoms with Gasteiger partial charge in [0, 0.05) is 11.1 Å². The molecule has 0 fully saturated rings. The molecule has 0 heterocycles. The van der Waals surface area contributed by atoms with Gasteiger partial charge in [-0.15, -0.1) is 0 Å². The lowest BCUT2D eigenvalue weighted by atomic mass is 10.2. The third kappa shape index (κ3) is 5.92. The molecule has 0 aliphatic rings. The summed E-state index contributed by atoms with van der Waals surface area (Å²) in [4.78, 5) is 0. The van der Waals surface area contributed by atoms with Crippen LogP contribution >= 0.6 is 15.9 Å². The van der Waals surface area contributed by atoms with E-state index in [4.69, 9.17) is 9.47 Å². The van der Waals surface area contributed by atoms with Gasteiger partial charge in [0.05, 0.1) is 19.8 Å². The highest BCUT2D eigenvalue weighted by molar-refractivity contribution is 9.10. The van der Waals surface area contributed by atoms with E-state index >= 15 is 0 Å².